The summed E-state index contributed by atoms with van der Waals surface area (Å²) in [5.74, 6) is 1.01. The van der Waals surface area contributed by atoms with Gasteiger partial charge in [-0.3, -0.25) is 9.89 Å². The predicted molar refractivity (Wildman–Crippen MR) is 112 cm³/mol. The minimum atomic E-state index is -3.88. The molecule has 1 aromatic heterocycles. The fourth-order valence-corrected chi connectivity index (χ4v) is 5.06. The molecule has 2 aromatic carbocycles. The number of hydrogen-bond acceptors (Lipinski definition) is 5. The standard InChI is InChI=1S/C21H23N5O3S/c1-14-13-17(26-12-6-9-19(26)27)10-11-18(14)30(28,29)25-20(16-7-4-3-5-8-16)21-22-15(2)23-24-21/h3-5,7-8,10-11,13,20,25H,6,9,12H2,1-2H3,(H,22,23,24). The highest BCUT2D eigenvalue weighted by Crippen LogP contribution is 2.28. The van der Waals surface area contributed by atoms with Crippen molar-refractivity contribution in [3.8, 4) is 0 Å². The average molecular weight is 426 g/mol. The molecule has 1 aliphatic heterocycles. The lowest BCUT2D eigenvalue weighted by atomic mass is 10.1. The largest absolute Gasteiger partial charge is 0.312 e. The number of amides is 1. The Labute approximate surface area is 175 Å². The number of aromatic amines is 1. The number of benzene rings is 2. The summed E-state index contributed by atoms with van der Waals surface area (Å²) in [7, 11) is -3.88. The fourth-order valence-electron chi connectivity index (χ4n) is 3.65. The predicted octanol–water partition coefficient (Wildman–Crippen LogP) is 2.62. The van der Waals surface area contributed by atoms with Gasteiger partial charge in [0.15, 0.2) is 5.82 Å². The monoisotopic (exact) mass is 425 g/mol. The second-order valence-corrected chi connectivity index (χ2v) is 9.03. The van der Waals surface area contributed by atoms with E-state index in [2.05, 4.69) is 19.9 Å². The molecule has 0 aliphatic carbocycles. The highest BCUT2D eigenvalue weighted by molar-refractivity contribution is 7.89. The van der Waals surface area contributed by atoms with Crippen molar-refractivity contribution in [2.45, 2.75) is 37.6 Å². The van der Waals surface area contributed by atoms with E-state index in [0.717, 1.165) is 17.7 Å². The van der Waals surface area contributed by atoms with E-state index in [-0.39, 0.29) is 10.8 Å². The van der Waals surface area contributed by atoms with Crippen molar-refractivity contribution in [1.29, 1.82) is 0 Å². The Morgan fingerprint density at radius 2 is 1.90 bits per heavy atom. The Morgan fingerprint density at radius 1 is 1.13 bits per heavy atom. The molecule has 0 spiro atoms. The SMILES string of the molecule is Cc1nc(C(NS(=O)(=O)c2ccc(N3CCCC3=O)cc2C)c2ccccc2)n[nH]1. The number of carbonyl (C=O) groups is 1. The number of aryl methyl sites for hydroxylation is 2. The Kier molecular flexibility index (Phi) is 5.40. The van der Waals surface area contributed by atoms with Crippen molar-refractivity contribution in [2.24, 2.45) is 0 Å². The molecular formula is C21H23N5O3S. The zero-order valence-electron chi connectivity index (χ0n) is 16.8. The van der Waals surface area contributed by atoms with E-state index in [1.165, 1.54) is 0 Å². The number of carbonyl (C=O) groups excluding carboxylic acids is 1. The van der Waals surface area contributed by atoms with Crippen LogP contribution < -0.4 is 9.62 Å². The van der Waals surface area contributed by atoms with Crippen molar-refractivity contribution in [1.82, 2.24) is 19.9 Å². The van der Waals surface area contributed by atoms with Gasteiger partial charge in [0.2, 0.25) is 15.9 Å². The molecule has 8 nitrogen and oxygen atoms in total. The van der Waals surface area contributed by atoms with Gasteiger partial charge in [-0.2, -0.15) is 9.82 Å². The normalized spacial score (nSPS) is 15.5. The van der Waals surface area contributed by atoms with Crippen molar-refractivity contribution < 1.29 is 13.2 Å². The molecule has 1 unspecified atom stereocenters. The molecule has 4 rings (SSSR count). The lowest BCUT2D eigenvalue weighted by Gasteiger charge is -2.20. The van der Waals surface area contributed by atoms with Crippen molar-refractivity contribution in [3.05, 3.63) is 71.3 Å². The molecular weight excluding hydrogens is 402 g/mol. The topological polar surface area (TPSA) is 108 Å². The number of rotatable bonds is 6. The first-order valence-corrected chi connectivity index (χ1v) is 11.2. The molecule has 1 fully saturated rings. The molecule has 1 amide bonds. The molecule has 30 heavy (non-hydrogen) atoms. The summed E-state index contributed by atoms with van der Waals surface area (Å²) in [4.78, 5) is 18.2. The zero-order valence-corrected chi connectivity index (χ0v) is 17.6. The van der Waals surface area contributed by atoms with E-state index < -0.39 is 16.1 Å². The van der Waals surface area contributed by atoms with Gasteiger partial charge in [0.25, 0.3) is 0 Å². The zero-order chi connectivity index (χ0) is 21.3. The van der Waals surface area contributed by atoms with Crippen LogP contribution in [-0.4, -0.2) is 36.1 Å². The first kappa shape index (κ1) is 20.2. The minimum absolute atomic E-state index is 0.0623. The fraction of sp³-hybridized carbons (Fsp3) is 0.286. The summed E-state index contributed by atoms with van der Waals surface area (Å²) in [6.07, 6.45) is 1.34. The van der Waals surface area contributed by atoms with Crippen molar-refractivity contribution in [3.63, 3.8) is 0 Å². The molecule has 1 saturated heterocycles. The van der Waals surface area contributed by atoms with Crippen LogP contribution in [0.4, 0.5) is 5.69 Å². The highest BCUT2D eigenvalue weighted by Gasteiger charge is 2.28. The van der Waals surface area contributed by atoms with Gasteiger partial charge in [-0.05, 0) is 49.6 Å². The summed E-state index contributed by atoms with van der Waals surface area (Å²) in [5.41, 5.74) is 2.02. The maximum Gasteiger partial charge on any atom is 0.241 e. The van der Waals surface area contributed by atoms with Gasteiger partial charge in [0.1, 0.15) is 11.9 Å². The lowest BCUT2D eigenvalue weighted by molar-refractivity contribution is -0.117. The summed E-state index contributed by atoms with van der Waals surface area (Å²) in [6, 6.07) is 13.4. The van der Waals surface area contributed by atoms with Crippen molar-refractivity contribution in [2.75, 3.05) is 11.4 Å². The molecule has 0 bridgehead atoms. The average Bonchev–Trinajstić information content (AvgIpc) is 3.34. The van der Waals surface area contributed by atoms with E-state index in [9.17, 15) is 13.2 Å². The van der Waals surface area contributed by atoms with Gasteiger partial charge >= 0.3 is 0 Å². The molecule has 2 heterocycles. The van der Waals surface area contributed by atoms with E-state index in [1.54, 1.807) is 36.9 Å². The van der Waals surface area contributed by atoms with Crippen LogP contribution >= 0.6 is 0 Å². The van der Waals surface area contributed by atoms with Crippen molar-refractivity contribution >= 4 is 21.6 Å². The quantitative estimate of drug-likeness (QED) is 0.631. The first-order valence-electron chi connectivity index (χ1n) is 9.72. The van der Waals surface area contributed by atoms with Crippen LogP contribution in [0.1, 0.15) is 41.7 Å². The van der Waals surface area contributed by atoms with Gasteiger partial charge in [-0.25, -0.2) is 13.4 Å². The van der Waals surface area contributed by atoms with E-state index in [0.29, 0.717) is 30.2 Å². The molecule has 156 valence electrons. The summed E-state index contributed by atoms with van der Waals surface area (Å²) >= 11 is 0. The third-order valence-corrected chi connectivity index (χ3v) is 6.69. The van der Waals surface area contributed by atoms with Gasteiger partial charge in [-0.15, -0.1) is 0 Å². The minimum Gasteiger partial charge on any atom is -0.312 e. The highest BCUT2D eigenvalue weighted by atomic mass is 32.2. The second-order valence-electron chi connectivity index (χ2n) is 7.34. The van der Waals surface area contributed by atoms with E-state index >= 15 is 0 Å². The second kappa shape index (κ2) is 8.00. The molecule has 0 saturated carbocycles. The van der Waals surface area contributed by atoms with Crippen LogP contribution in [0, 0.1) is 13.8 Å². The summed E-state index contributed by atoms with van der Waals surface area (Å²) in [6.45, 7) is 4.14. The van der Waals surface area contributed by atoms with Gasteiger partial charge < -0.3 is 4.90 Å². The van der Waals surface area contributed by atoms with Crippen LogP contribution in [0.25, 0.3) is 0 Å². The summed E-state index contributed by atoms with van der Waals surface area (Å²) < 4.78 is 29.3. The van der Waals surface area contributed by atoms with Crippen LogP contribution in [0.2, 0.25) is 0 Å². The lowest BCUT2D eigenvalue weighted by Crippen LogP contribution is -2.31. The Hall–Kier alpha value is -3.04. The van der Waals surface area contributed by atoms with Crippen LogP contribution in [0.15, 0.2) is 53.4 Å². The number of sulfonamides is 1. The van der Waals surface area contributed by atoms with Gasteiger partial charge in [0.05, 0.1) is 4.90 Å². The number of anilines is 1. The van der Waals surface area contributed by atoms with E-state index in [1.807, 2.05) is 30.3 Å². The number of H-pyrrole nitrogens is 1. The molecule has 9 heteroatoms. The molecule has 0 radical (unpaired) electrons. The first-order chi connectivity index (χ1) is 14.3. The molecule has 1 atom stereocenters. The third-order valence-electron chi connectivity index (χ3n) is 5.11. The number of nitrogens with zero attached hydrogens (tertiary/aromatic N) is 3. The molecule has 3 aromatic rings. The molecule has 2 N–H and O–H groups in total. The number of aromatic nitrogens is 3. The van der Waals surface area contributed by atoms with Crippen LogP contribution in [0.5, 0.6) is 0 Å². The van der Waals surface area contributed by atoms with Gasteiger partial charge in [-0.1, -0.05) is 30.3 Å². The van der Waals surface area contributed by atoms with E-state index in [4.69, 9.17) is 0 Å². The Morgan fingerprint density at radius 3 is 2.50 bits per heavy atom. The maximum atomic E-state index is 13.3. The van der Waals surface area contributed by atoms with Crippen LogP contribution in [-0.2, 0) is 14.8 Å². The number of nitrogens with one attached hydrogen (secondary N) is 2. The summed E-state index contributed by atoms with van der Waals surface area (Å²) in [5, 5.41) is 6.93. The smallest absolute Gasteiger partial charge is 0.241 e. The molecule has 1 aliphatic rings. The third kappa shape index (κ3) is 3.99. The Balaban J connectivity index is 1.67. The Bertz CT molecular complexity index is 1170. The van der Waals surface area contributed by atoms with Crippen LogP contribution in [0.3, 0.4) is 0 Å². The van der Waals surface area contributed by atoms with Gasteiger partial charge in [0, 0.05) is 18.7 Å². The maximum absolute atomic E-state index is 13.3. The number of hydrogen-bond donors (Lipinski definition) is 2.